The van der Waals surface area contributed by atoms with Crippen molar-refractivity contribution in [3.05, 3.63) is 0 Å². The lowest BCUT2D eigenvalue weighted by atomic mass is 9.81. The minimum atomic E-state index is -0.188. The molecule has 2 fully saturated rings. The van der Waals surface area contributed by atoms with E-state index in [1.165, 1.54) is 38.5 Å². The molecule has 0 radical (unpaired) electrons. The molecule has 0 saturated heterocycles. The van der Waals surface area contributed by atoms with E-state index < -0.39 is 0 Å². The molecule has 2 aliphatic carbocycles. The summed E-state index contributed by atoms with van der Waals surface area (Å²) < 4.78 is 0. The first kappa shape index (κ1) is 14.3. The molecule has 2 nitrogen and oxygen atoms in total. The molecule has 0 spiro atoms. The van der Waals surface area contributed by atoms with Crippen LogP contribution in [0, 0.1) is 17.3 Å². The second-order valence-electron chi connectivity index (χ2n) is 7.56. The number of aliphatic hydroxyl groups is 1. The molecule has 106 valence electrons. The van der Waals surface area contributed by atoms with Gasteiger partial charge in [0.25, 0.3) is 0 Å². The highest BCUT2D eigenvalue weighted by Gasteiger charge is 2.34. The molecule has 0 heterocycles. The first-order chi connectivity index (χ1) is 8.46. The molecule has 0 amide bonds. The third kappa shape index (κ3) is 4.55. The summed E-state index contributed by atoms with van der Waals surface area (Å²) in [6.07, 6.45) is 9.32. The van der Waals surface area contributed by atoms with Crippen molar-refractivity contribution in [2.75, 3.05) is 6.54 Å². The maximum atomic E-state index is 9.52. The highest BCUT2D eigenvalue weighted by molar-refractivity contribution is 4.88. The molecule has 0 bridgehead atoms. The minimum Gasteiger partial charge on any atom is -0.393 e. The highest BCUT2D eigenvalue weighted by Crippen LogP contribution is 2.43. The minimum absolute atomic E-state index is 0.188. The molecule has 2 heteroatoms. The van der Waals surface area contributed by atoms with Gasteiger partial charge in [-0.15, -0.1) is 0 Å². The molecule has 0 aromatic rings. The van der Waals surface area contributed by atoms with Gasteiger partial charge >= 0.3 is 0 Å². The normalized spacial score (nSPS) is 31.3. The monoisotopic (exact) mass is 253 g/mol. The number of aliphatic hydroxyl groups excluding tert-OH is 1. The lowest BCUT2D eigenvalue weighted by Gasteiger charge is -2.34. The number of hydrogen-bond acceptors (Lipinski definition) is 2. The van der Waals surface area contributed by atoms with E-state index >= 15 is 0 Å². The van der Waals surface area contributed by atoms with Crippen molar-refractivity contribution < 1.29 is 5.11 Å². The van der Waals surface area contributed by atoms with Crippen LogP contribution in [0.1, 0.15) is 65.7 Å². The second-order valence-corrected chi connectivity index (χ2v) is 7.56. The SMILES string of the molecule is CC(O)CC(C)(C)CNC1CCCC(C2CC2)C1. The van der Waals surface area contributed by atoms with Crippen LogP contribution in [-0.4, -0.2) is 23.8 Å². The Morgan fingerprint density at radius 2 is 1.89 bits per heavy atom. The van der Waals surface area contributed by atoms with E-state index in [1.54, 1.807) is 0 Å². The number of nitrogens with one attached hydrogen (secondary N) is 1. The summed E-state index contributed by atoms with van der Waals surface area (Å²) in [5.41, 5.74) is 0.209. The van der Waals surface area contributed by atoms with E-state index in [4.69, 9.17) is 0 Å². The van der Waals surface area contributed by atoms with Crippen molar-refractivity contribution in [3.8, 4) is 0 Å². The first-order valence-corrected chi connectivity index (χ1v) is 7.88. The van der Waals surface area contributed by atoms with E-state index in [0.717, 1.165) is 30.8 Å². The molecule has 2 N–H and O–H groups in total. The van der Waals surface area contributed by atoms with Crippen LogP contribution in [0.2, 0.25) is 0 Å². The summed E-state index contributed by atoms with van der Waals surface area (Å²) >= 11 is 0. The van der Waals surface area contributed by atoms with Crippen LogP contribution in [0.3, 0.4) is 0 Å². The smallest absolute Gasteiger partial charge is 0.0517 e. The predicted octanol–water partition coefficient (Wildman–Crippen LogP) is 3.34. The van der Waals surface area contributed by atoms with Crippen LogP contribution < -0.4 is 5.32 Å². The fraction of sp³-hybridized carbons (Fsp3) is 1.00. The van der Waals surface area contributed by atoms with Gasteiger partial charge in [0.2, 0.25) is 0 Å². The van der Waals surface area contributed by atoms with E-state index in [2.05, 4.69) is 19.2 Å². The Bertz CT molecular complexity index is 258. The van der Waals surface area contributed by atoms with Gasteiger partial charge in [0.05, 0.1) is 6.10 Å². The Kier molecular flexibility index (Phi) is 4.71. The molecule has 18 heavy (non-hydrogen) atoms. The first-order valence-electron chi connectivity index (χ1n) is 7.88. The zero-order valence-corrected chi connectivity index (χ0v) is 12.4. The van der Waals surface area contributed by atoms with Gasteiger partial charge in [0.1, 0.15) is 0 Å². The van der Waals surface area contributed by atoms with Gasteiger partial charge in [-0.2, -0.15) is 0 Å². The van der Waals surface area contributed by atoms with Crippen LogP contribution >= 0.6 is 0 Å². The fourth-order valence-electron chi connectivity index (χ4n) is 3.70. The molecule has 2 aliphatic rings. The molecule has 0 aliphatic heterocycles. The van der Waals surface area contributed by atoms with E-state index in [1.807, 2.05) is 6.92 Å². The molecular formula is C16H31NO. The maximum absolute atomic E-state index is 9.52. The third-order valence-corrected chi connectivity index (χ3v) is 4.72. The van der Waals surface area contributed by atoms with Gasteiger partial charge in [-0.25, -0.2) is 0 Å². The summed E-state index contributed by atoms with van der Waals surface area (Å²) in [6.45, 7) is 7.45. The van der Waals surface area contributed by atoms with Gasteiger partial charge in [0, 0.05) is 12.6 Å². The summed E-state index contributed by atoms with van der Waals surface area (Å²) in [6, 6.07) is 0.734. The molecule has 2 rings (SSSR count). The molecule has 3 unspecified atom stereocenters. The number of rotatable bonds is 6. The van der Waals surface area contributed by atoms with Crippen molar-refractivity contribution in [2.45, 2.75) is 77.9 Å². The average molecular weight is 253 g/mol. The van der Waals surface area contributed by atoms with Crippen molar-refractivity contribution in [2.24, 2.45) is 17.3 Å². The lowest BCUT2D eigenvalue weighted by molar-refractivity contribution is 0.123. The Morgan fingerprint density at radius 1 is 1.17 bits per heavy atom. The maximum Gasteiger partial charge on any atom is 0.0517 e. The zero-order valence-electron chi connectivity index (χ0n) is 12.4. The molecule has 2 saturated carbocycles. The Balaban J connectivity index is 1.71. The number of hydrogen-bond donors (Lipinski definition) is 2. The highest BCUT2D eigenvalue weighted by atomic mass is 16.3. The van der Waals surface area contributed by atoms with E-state index in [0.29, 0.717) is 0 Å². The summed E-state index contributed by atoms with van der Waals surface area (Å²) in [5.74, 6) is 2.08. The lowest BCUT2D eigenvalue weighted by Crippen LogP contribution is -2.41. The van der Waals surface area contributed by atoms with E-state index in [9.17, 15) is 5.11 Å². The van der Waals surface area contributed by atoms with Crippen molar-refractivity contribution in [1.82, 2.24) is 5.32 Å². The van der Waals surface area contributed by atoms with Crippen LogP contribution in [0.15, 0.2) is 0 Å². The van der Waals surface area contributed by atoms with Crippen molar-refractivity contribution >= 4 is 0 Å². The summed E-state index contributed by atoms with van der Waals surface area (Å²) in [7, 11) is 0. The van der Waals surface area contributed by atoms with Crippen molar-refractivity contribution in [3.63, 3.8) is 0 Å². The molecule has 0 aromatic carbocycles. The van der Waals surface area contributed by atoms with Crippen LogP contribution in [0.4, 0.5) is 0 Å². The predicted molar refractivity (Wildman–Crippen MR) is 76.6 cm³/mol. The van der Waals surface area contributed by atoms with Crippen molar-refractivity contribution in [1.29, 1.82) is 0 Å². The topological polar surface area (TPSA) is 32.3 Å². The Morgan fingerprint density at radius 3 is 2.50 bits per heavy atom. The van der Waals surface area contributed by atoms with Crippen LogP contribution in [0.25, 0.3) is 0 Å². The second kappa shape index (κ2) is 5.92. The van der Waals surface area contributed by atoms with Gasteiger partial charge in [0.15, 0.2) is 0 Å². The largest absolute Gasteiger partial charge is 0.393 e. The summed E-state index contributed by atoms with van der Waals surface area (Å²) in [4.78, 5) is 0. The molecule has 3 atom stereocenters. The molecular weight excluding hydrogens is 222 g/mol. The van der Waals surface area contributed by atoms with Gasteiger partial charge in [-0.3, -0.25) is 0 Å². The molecule has 0 aromatic heterocycles. The van der Waals surface area contributed by atoms with E-state index in [-0.39, 0.29) is 11.5 Å². The van der Waals surface area contributed by atoms with Gasteiger partial charge in [-0.1, -0.05) is 26.7 Å². The van der Waals surface area contributed by atoms with Crippen LogP contribution in [0.5, 0.6) is 0 Å². The Hall–Kier alpha value is -0.0800. The summed E-state index contributed by atoms with van der Waals surface area (Å²) in [5, 5.41) is 13.3. The zero-order chi connectivity index (χ0) is 13.2. The average Bonchev–Trinajstić information content (AvgIpc) is 3.09. The quantitative estimate of drug-likeness (QED) is 0.761. The third-order valence-electron chi connectivity index (χ3n) is 4.72. The standard InChI is InChI=1S/C16H31NO/c1-12(18)10-16(2,3)11-17-15-6-4-5-14(9-15)13-7-8-13/h12-15,17-18H,4-11H2,1-3H3. The van der Waals surface area contributed by atoms with Crippen LogP contribution in [-0.2, 0) is 0 Å². The van der Waals surface area contributed by atoms with Gasteiger partial charge in [-0.05, 0) is 56.3 Å². The fourth-order valence-corrected chi connectivity index (χ4v) is 3.70. The van der Waals surface area contributed by atoms with Gasteiger partial charge < -0.3 is 10.4 Å². The Labute approximate surface area is 113 Å².